The maximum Gasteiger partial charge on any atom is 0.191 e. The third-order valence-corrected chi connectivity index (χ3v) is 3.21. The molecule has 0 radical (unpaired) electrons. The summed E-state index contributed by atoms with van der Waals surface area (Å²) < 4.78 is 0. The van der Waals surface area contributed by atoms with Crippen molar-refractivity contribution in [1.29, 1.82) is 0 Å². The highest BCUT2D eigenvalue weighted by Gasteiger charge is 2.21. The van der Waals surface area contributed by atoms with Crippen molar-refractivity contribution in [2.24, 2.45) is 4.99 Å². The van der Waals surface area contributed by atoms with Gasteiger partial charge in [-0.3, -0.25) is 9.89 Å². The van der Waals surface area contributed by atoms with Crippen LogP contribution in [0.5, 0.6) is 0 Å². The molecule has 0 bridgehead atoms. The lowest BCUT2D eigenvalue weighted by molar-refractivity contribution is 0.119. The standard InChI is InChI=1S/C13H29N5/c1-6-14-13(16-11(2)3)15-9-12-10-17(4)7-8-18(12)5/h11-12H,6-10H2,1-5H3,(H2,14,15,16). The molecule has 1 rings (SSSR count). The van der Waals surface area contributed by atoms with E-state index in [1.54, 1.807) is 0 Å². The third kappa shape index (κ3) is 5.23. The number of nitrogens with zero attached hydrogens (tertiary/aromatic N) is 3. The van der Waals surface area contributed by atoms with E-state index < -0.39 is 0 Å². The zero-order valence-electron chi connectivity index (χ0n) is 12.5. The molecule has 1 aliphatic heterocycles. The predicted octanol–water partition coefficient (Wildman–Crippen LogP) is 0.196. The second-order valence-corrected chi connectivity index (χ2v) is 5.42. The molecule has 1 saturated heterocycles. The Morgan fingerprint density at radius 2 is 2.06 bits per heavy atom. The molecule has 0 aromatic heterocycles. The van der Waals surface area contributed by atoms with Crippen molar-refractivity contribution in [2.75, 3.05) is 46.8 Å². The summed E-state index contributed by atoms with van der Waals surface area (Å²) in [5.41, 5.74) is 0. The first-order valence-corrected chi connectivity index (χ1v) is 6.96. The Balaban J connectivity index is 2.51. The van der Waals surface area contributed by atoms with Crippen molar-refractivity contribution in [1.82, 2.24) is 20.4 Å². The van der Waals surface area contributed by atoms with E-state index in [1.165, 1.54) is 0 Å². The zero-order valence-corrected chi connectivity index (χ0v) is 12.5. The number of rotatable bonds is 4. The molecule has 0 saturated carbocycles. The summed E-state index contributed by atoms with van der Waals surface area (Å²) in [6, 6.07) is 0.931. The Kier molecular flexibility index (Phi) is 6.43. The highest BCUT2D eigenvalue weighted by atomic mass is 15.3. The van der Waals surface area contributed by atoms with E-state index in [0.717, 1.165) is 38.7 Å². The number of piperazine rings is 1. The van der Waals surface area contributed by atoms with E-state index in [4.69, 9.17) is 0 Å². The molecule has 18 heavy (non-hydrogen) atoms. The first kappa shape index (κ1) is 15.2. The van der Waals surface area contributed by atoms with E-state index in [2.05, 4.69) is 60.3 Å². The molecule has 106 valence electrons. The number of likely N-dealkylation sites (N-methyl/N-ethyl adjacent to an activating group) is 2. The van der Waals surface area contributed by atoms with E-state index in [-0.39, 0.29) is 0 Å². The minimum absolute atomic E-state index is 0.412. The summed E-state index contributed by atoms with van der Waals surface area (Å²) in [7, 11) is 4.37. The van der Waals surface area contributed by atoms with E-state index >= 15 is 0 Å². The van der Waals surface area contributed by atoms with Gasteiger partial charge in [0.05, 0.1) is 6.54 Å². The second-order valence-electron chi connectivity index (χ2n) is 5.42. The van der Waals surface area contributed by atoms with Gasteiger partial charge in [-0.15, -0.1) is 0 Å². The lowest BCUT2D eigenvalue weighted by Gasteiger charge is -2.37. The quantitative estimate of drug-likeness (QED) is 0.556. The SMILES string of the molecule is CCNC(=NCC1CN(C)CCN1C)NC(C)C. The second kappa shape index (κ2) is 7.59. The van der Waals surface area contributed by atoms with E-state index in [1.807, 2.05) is 0 Å². The van der Waals surface area contributed by atoms with Crippen molar-refractivity contribution in [2.45, 2.75) is 32.9 Å². The molecule has 0 spiro atoms. The number of guanidine groups is 1. The highest BCUT2D eigenvalue weighted by Crippen LogP contribution is 2.05. The van der Waals surface area contributed by atoms with Crippen molar-refractivity contribution < 1.29 is 0 Å². The number of nitrogens with one attached hydrogen (secondary N) is 2. The van der Waals surface area contributed by atoms with Gasteiger partial charge in [-0.25, -0.2) is 0 Å². The van der Waals surface area contributed by atoms with Crippen LogP contribution in [-0.2, 0) is 0 Å². The highest BCUT2D eigenvalue weighted by molar-refractivity contribution is 5.80. The van der Waals surface area contributed by atoms with Gasteiger partial charge in [0.25, 0.3) is 0 Å². The van der Waals surface area contributed by atoms with Crippen molar-refractivity contribution in [3.63, 3.8) is 0 Å². The van der Waals surface area contributed by atoms with Gasteiger partial charge < -0.3 is 15.5 Å². The molecule has 1 heterocycles. The molecular formula is C13H29N5. The predicted molar refractivity (Wildman–Crippen MR) is 78.2 cm³/mol. The van der Waals surface area contributed by atoms with Crippen LogP contribution in [-0.4, -0.2) is 74.7 Å². The summed E-state index contributed by atoms with van der Waals surface area (Å²) in [6.07, 6.45) is 0. The first-order valence-electron chi connectivity index (χ1n) is 6.96. The normalized spacial score (nSPS) is 23.4. The van der Waals surface area contributed by atoms with Gasteiger partial charge in [-0.1, -0.05) is 0 Å². The summed E-state index contributed by atoms with van der Waals surface area (Å²) in [5.74, 6) is 0.925. The van der Waals surface area contributed by atoms with Crippen LogP contribution in [0.15, 0.2) is 4.99 Å². The van der Waals surface area contributed by atoms with Gasteiger partial charge in [0.1, 0.15) is 0 Å². The van der Waals surface area contributed by atoms with Gasteiger partial charge in [-0.2, -0.15) is 0 Å². The summed E-state index contributed by atoms with van der Waals surface area (Å²) in [5, 5.41) is 6.64. The van der Waals surface area contributed by atoms with Crippen LogP contribution in [0.25, 0.3) is 0 Å². The largest absolute Gasteiger partial charge is 0.357 e. The summed E-state index contributed by atoms with van der Waals surface area (Å²) >= 11 is 0. The molecule has 2 N–H and O–H groups in total. The van der Waals surface area contributed by atoms with Crippen LogP contribution < -0.4 is 10.6 Å². The van der Waals surface area contributed by atoms with Gasteiger partial charge in [-0.05, 0) is 34.9 Å². The molecule has 1 aliphatic rings. The van der Waals surface area contributed by atoms with Crippen LogP contribution in [0, 0.1) is 0 Å². The fourth-order valence-electron chi connectivity index (χ4n) is 2.09. The first-order chi connectivity index (χ1) is 8.52. The lowest BCUT2D eigenvalue weighted by Crippen LogP contribution is -2.51. The van der Waals surface area contributed by atoms with Gasteiger partial charge in [0, 0.05) is 38.3 Å². The topological polar surface area (TPSA) is 42.9 Å². The van der Waals surface area contributed by atoms with Gasteiger partial charge in [0.15, 0.2) is 5.96 Å². The Bertz CT molecular complexity index is 264. The summed E-state index contributed by atoms with van der Waals surface area (Å²) in [4.78, 5) is 9.47. The Morgan fingerprint density at radius 3 is 2.67 bits per heavy atom. The number of hydrogen-bond acceptors (Lipinski definition) is 3. The van der Waals surface area contributed by atoms with Crippen LogP contribution in [0.3, 0.4) is 0 Å². The molecule has 1 atom stereocenters. The molecule has 5 nitrogen and oxygen atoms in total. The molecule has 0 aliphatic carbocycles. The molecule has 0 aromatic carbocycles. The number of hydrogen-bond donors (Lipinski definition) is 2. The molecular weight excluding hydrogens is 226 g/mol. The third-order valence-electron chi connectivity index (χ3n) is 3.21. The molecule has 1 fully saturated rings. The van der Waals surface area contributed by atoms with Crippen molar-refractivity contribution in [3.8, 4) is 0 Å². The fourth-order valence-corrected chi connectivity index (χ4v) is 2.09. The van der Waals surface area contributed by atoms with Crippen LogP contribution in [0.4, 0.5) is 0 Å². The average molecular weight is 255 g/mol. The van der Waals surface area contributed by atoms with E-state index in [9.17, 15) is 0 Å². The zero-order chi connectivity index (χ0) is 13.5. The molecule has 1 unspecified atom stereocenters. The maximum absolute atomic E-state index is 4.69. The van der Waals surface area contributed by atoms with Crippen LogP contribution in [0.2, 0.25) is 0 Å². The monoisotopic (exact) mass is 255 g/mol. The van der Waals surface area contributed by atoms with Crippen molar-refractivity contribution in [3.05, 3.63) is 0 Å². The van der Waals surface area contributed by atoms with Crippen LogP contribution in [0.1, 0.15) is 20.8 Å². The lowest BCUT2D eigenvalue weighted by atomic mass is 10.2. The molecule has 5 heteroatoms. The van der Waals surface area contributed by atoms with Gasteiger partial charge in [0.2, 0.25) is 0 Å². The number of aliphatic imine (C=N–C) groups is 1. The summed E-state index contributed by atoms with van der Waals surface area (Å²) in [6.45, 7) is 11.5. The fraction of sp³-hybridized carbons (Fsp3) is 0.923. The average Bonchev–Trinajstić information content (AvgIpc) is 2.29. The smallest absolute Gasteiger partial charge is 0.191 e. The molecule has 0 aromatic rings. The minimum Gasteiger partial charge on any atom is -0.357 e. The van der Waals surface area contributed by atoms with Gasteiger partial charge >= 0.3 is 0 Å². The Morgan fingerprint density at radius 1 is 1.33 bits per heavy atom. The molecule has 0 amide bonds. The Labute approximate surface area is 112 Å². The minimum atomic E-state index is 0.412. The Hall–Kier alpha value is -0.810. The van der Waals surface area contributed by atoms with Crippen molar-refractivity contribution >= 4 is 5.96 Å². The maximum atomic E-state index is 4.69. The van der Waals surface area contributed by atoms with E-state index in [0.29, 0.717) is 12.1 Å². The van der Waals surface area contributed by atoms with Crippen LogP contribution >= 0.6 is 0 Å².